The second-order valence-corrected chi connectivity index (χ2v) is 2.70. The minimum atomic E-state index is -0.532. The molecule has 1 aromatic rings. The Bertz CT molecular complexity index is 317. The Morgan fingerprint density at radius 3 is 3.00 bits per heavy atom. The summed E-state index contributed by atoms with van der Waals surface area (Å²) in [5.41, 5.74) is 0. The van der Waals surface area contributed by atoms with Crippen molar-refractivity contribution >= 4 is 11.7 Å². The number of aromatic nitrogens is 1. The molecule has 0 aromatic carbocycles. The fraction of sp³-hybridized carbons (Fsp3) is 0.333. The molecule has 0 aliphatic heterocycles. The van der Waals surface area contributed by atoms with Crippen LogP contribution in [0.5, 0.6) is 0 Å². The van der Waals surface area contributed by atoms with Gasteiger partial charge in [-0.05, 0) is 12.1 Å². The van der Waals surface area contributed by atoms with Gasteiger partial charge in [0.1, 0.15) is 5.82 Å². The molecule has 0 radical (unpaired) electrons. The van der Waals surface area contributed by atoms with Crippen LogP contribution in [0, 0.1) is 5.95 Å². The van der Waals surface area contributed by atoms with Gasteiger partial charge in [-0.1, -0.05) is 6.07 Å². The molecule has 1 rings (SSSR count). The number of anilines is 1. The first-order chi connectivity index (χ1) is 6.72. The summed E-state index contributed by atoms with van der Waals surface area (Å²) in [5.74, 6) is -0.155. The molecule has 0 aliphatic carbocycles. The second-order valence-electron chi connectivity index (χ2n) is 2.70. The summed E-state index contributed by atoms with van der Waals surface area (Å²) in [6.07, 6.45) is 0.342. The highest BCUT2D eigenvalue weighted by Crippen LogP contribution is 2.02. The van der Waals surface area contributed by atoms with Crippen molar-refractivity contribution in [2.24, 2.45) is 0 Å². The van der Waals surface area contributed by atoms with Crippen LogP contribution < -0.4 is 10.6 Å². The van der Waals surface area contributed by atoms with Crippen molar-refractivity contribution in [2.45, 2.75) is 6.42 Å². The van der Waals surface area contributed by atoms with Crippen LogP contribution in [0.4, 0.5) is 10.2 Å². The van der Waals surface area contributed by atoms with Gasteiger partial charge in [0.15, 0.2) is 0 Å². The Kier molecular flexibility index (Phi) is 3.84. The fourth-order valence-electron chi connectivity index (χ4n) is 0.936. The molecule has 5 heteroatoms. The van der Waals surface area contributed by atoms with E-state index in [9.17, 15) is 9.18 Å². The van der Waals surface area contributed by atoms with Crippen LogP contribution in [-0.4, -0.2) is 24.5 Å². The van der Waals surface area contributed by atoms with Crippen molar-refractivity contribution in [2.75, 3.05) is 18.9 Å². The van der Waals surface area contributed by atoms with Gasteiger partial charge in [0.25, 0.3) is 0 Å². The summed E-state index contributed by atoms with van der Waals surface area (Å²) in [5, 5.41) is 5.33. The average molecular weight is 197 g/mol. The number of carbonyl (C=O) groups is 1. The largest absolute Gasteiger partial charge is 0.369 e. The number of hydrogen-bond acceptors (Lipinski definition) is 3. The van der Waals surface area contributed by atoms with Crippen LogP contribution in [0.2, 0.25) is 0 Å². The first kappa shape index (κ1) is 10.4. The van der Waals surface area contributed by atoms with E-state index in [2.05, 4.69) is 15.6 Å². The van der Waals surface area contributed by atoms with E-state index in [4.69, 9.17) is 0 Å². The van der Waals surface area contributed by atoms with Crippen LogP contribution in [-0.2, 0) is 4.79 Å². The Morgan fingerprint density at radius 2 is 2.36 bits per heavy atom. The number of halogens is 1. The number of nitrogens with zero attached hydrogens (tertiary/aromatic N) is 1. The average Bonchev–Trinajstić information content (AvgIpc) is 2.17. The Hall–Kier alpha value is -1.65. The molecule has 2 N–H and O–H groups in total. The van der Waals surface area contributed by atoms with Crippen molar-refractivity contribution in [3.05, 3.63) is 24.1 Å². The van der Waals surface area contributed by atoms with E-state index in [0.717, 1.165) is 0 Å². The molecule has 1 amide bonds. The molecule has 1 heterocycles. The van der Waals surface area contributed by atoms with Gasteiger partial charge in [0, 0.05) is 20.0 Å². The van der Waals surface area contributed by atoms with Gasteiger partial charge in [-0.15, -0.1) is 0 Å². The lowest BCUT2D eigenvalue weighted by atomic mass is 10.4. The maximum Gasteiger partial charge on any atom is 0.221 e. The molecule has 0 spiro atoms. The fourth-order valence-corrected chi connectivity index (χ4v) is 0.936. The summed E-state index contributed by atoms with van der Waals surface area (Å²) in [7, 11) is 1.57. The summed E-state index contributed by atoms with van der Waals surface area (Å²) in [6, 6.07) is 4.47. The lowest BCUT2D eigenvalue weighted by molar-refractivity contribution is -0.120. The zero-order valence-corrected chi connectivity index (χ0v) is 7.88. The SMILES string of the molecule is CNC(=O)CCNc1cccc(F)n1. The molecule has 4 nitrogen and oxygen atoms in total. The Balaban J connectivity index is 2.35. The van der Waals surface area contributed by atoms with E-state index < -0.39 is 5.95 Å². The molecule has 0 bridgehead atoms. The van der Waals surface area contributed by atoms with Gasteiger partial charge < -0.3 is 10.6 Å². The topological polar surface area (TPSA) is 54.0 Å². The number of amides is 1. The van der Waals surface area contributed by atoms with E-state index >= 15 is 0 Å². The zero-order valence-electron chi connectivity index (χ0n) is 7.88. The molecule has 0 saturated heterocycles. The van der Waals surface area contributed by atoms with Gasteiger partial charge in [-0.3, -0.25) is 4.79 Å². The van der Waals surface area contributed by atoms with Crippen molar-refractivity contribution < 1.29 is 9.18 Å². The van der Waals surface area contributed by atoms with Crippen molar-refractivity contribution in [1.82, 2.24) is 10.3 Å². The number of hydrogen-bond donors (Lipinski definition) is 2. The van der Waals surface area contributed by atoms with E-state index in [0.29, 0.717) is 18.8 Å². The lowest BCUT2D eigenvalue weighted by Crippen LogP contribution is -2.21. The smallest absolute Gasteiger partial charge is 0.221 e. The van der Waals surface area contributed by atoms with Crippen LogP contribution in [0.3, 0.4) is 0 Å². The Morgan fingerprint density at radius 1 is 1.57 bits per heavy atom. The number of carbonyl (C=O) groups excluding carboxylic acids is 1. The molecule has 76 valence electrons. The molecule has 0 saturated carbocycles. The molecule has 14 heavy (non-hydrogen) atoms. The van der Waals surface area contributed by atoms with E-state index in [-0.39, 0.29) is 5.91 Å². The Labute approximate surface area is 81.5 Å². The van der Waals surface area contributed by atoms with E-state index in [1.54, 1.807) is 19.2 Å². The normalized spacial score (nSPS) is 9.57. The number of rotatable bonds is 4. The quantitative estimate of drug-likeness (QED) is 0.701. The molecule has 0 aliphatic rings. The molecule has 1 aromatic heterocycles. The van der Waals surface area contributed by atoms with Gasteiger partial charge in [-0.25, -0.2) is 4.98 Å². The standard InChI is InChI=1S/C9H12FN3O/c1-11-9(14)5-6-12-8-4-2-3-7(10)13-8/h2-4H,5-6H2,1H3,(H,11,14)(H,12,13). The van der Waals surface area contributed by atoms with Crippen LogP contribution in [0.25, 0.3) is 0 Å². The monoisotopic (exact) mass is 197 g/mol. The van der Waals surface area contributed by atoms with Crippen molar-refractivity contribution in [1.29, 1.82) is 0 Å². The van der Waals surface area contributed by atoms with Gasteiger partial charge in [0.2, 0.25) is 11.9 Å². The molecule has 0 unspecified atom stereocenters. The number of pyridine rings is 1. The number of nitrogens with one attached hydrogen (secondary N) is 2. The van der Waals surface area contributed by atoms with E-state index in [1.165, 1.54) is 6.07 Å². The maximum absolute atomic E-state index is 12.6. The summed E-state index contributed by atoms with van der Waals surface area (Å²) in [4.78, 5) is 14.4. The minimum Gasteiger partial charge on any atom is -0.369 e. The molecule has 0 atom stereocenters. The van der Waals surface area contributed by atoms with Gasteiger partial charge in [-0.2, -0.15) is 4.39 Å². The lowest BCUT2D eigenvalue weighted by Gasteiger charge is -2.03. The summed E-state index contributed by atoms with van der Waals surface area (Å²) >= 11 is 0. The second kappa shape index (κ2) is 5.16. The van der Waals surface area contributed by atoms with Crippen LogP contribution in [0.1, 0.15) is 6.42 Å². The predicted molar refractivity (Wildman–Crippen MR) is 51.4 cm³/mol. The summed E-state index contributed by atoms with van der Waals surface area (Å²) in [6.45, 7) is 0.441. The van der Waals surface area contributed by atoms with Crippen molar-refractivity contribution in [3.8, 4) is 0 Å². The van der Waals surface area contributed by atoms with Gasteiger partial charge >= 0.3 is 0 Å². The van der Waals surface area contributed by atoms with Crippen LogP contribution in [0.15, 0.2) is 18.2 Å². The van der Waals surface area contributed by atoms with Crippen LogP contribution >= 0.6 is 0 Å². The first-order valence-electron chi connectivity index (χ1n) is 4.29. The van der Waals surface area contributed by atoms with Crippen molar-refractivity contribution in [3.63, 3.8) is 0 Å². The highest BCUT2D eigenvalue weighted by atomic mass is 19.1. The zero-order chi connectivity index (χ0) is 10.4. The summed E-state index contributed by atoms with van der Waals surface area (Å²) < 4.78 is 12.6. The first-order valence-corrected chi connectivity index (χ1v) is 4.29. The third-order valence-electron chi connectivity index (χ3n) is 1.65. The maximum atomic E-state index is 12.6. The predicted octanol–water partition coefficient (Wildman–Crippen LogP) is 0.769. The third kappa shape index (κ3) is 3.38. The molecular weight excluding hydrogens is 185 g/mol. The van der Waals surface area contributed by atoms with E-state index in [1.807, 2.05) is 0 Å². The molecular formula is C9H12FN3O. The molecule has 0 fully saturated rings. The third-order valence-corrected chi connectivity index (χ3v) is 1.65. The highest BCUT2D eigenvalue weighted by Gasteiger charge is 1.98. The highest BCUT2D eigenvalue weighted by molar-refractivity contribution is 5.75. The minimum absolute atomic E-state index is 0.0612. The van der Waals surface area contributed by atoms with Gasteiger partial charge in [0.05, 0.1) is 0 Å².